The number of benzene rings is 2. The lowest BCUT2D eigenvalue weighted by molar-refractivity contribution is -0.158. The molecule has 2 fully saturated rings. The summed E-state index contributed by atoms with van der Waals surface area (Å²) in [7, 11) is 2.14. The molecule has 6 atom stereocenters. The Balaban J connectivity index is 1.92. The zero-order chi connectivity index (χ0) is 26.7. The van der Waals surface area contributed by atoms with E-state index in [4.69, 9.17) is 0 Å². The maximum absolute atomic E-state index is 13.3. The lowest BCUT2D eigenvalue weighted by atomic mass is 9.60. The van der Waals surface area contributed by atoms with Gasteiger partial charge >= 0.3 is 11.9 Å². The van der Waals surface area contributed by atoms with Crippen LogP contribution in [0.5, 0.6) is 0 Å². The Hall–Kier alpha value is -4.38. The van der Waals surface area contributed by atoms with Crippen LogP contribution in [0.3, 0.4) is 0 Å². The Kier molecular flexibility index (Phi) is 7.44. The monoisotopic (exact) mass is 500 g/mol. The summed E-state index contributed by atoms with van der Waals surface area (Å²) in [4.78, 5) is 76.1. The molecule has 2 saturated carbocycles. The average Bonchev–Trinajstić information content (AvgIpc) is 3.50. The standard InChI is InChI=1S/C29H24O8/c1-36-28(34)26(32)24-19-13-18(22(24)20(14-30)16-9-5-3-6-10-16)23(25(19)27(33)29(35)37-2)21(15-31)17-11-7-4-8-12-17/h3-12,18-19,22-25H,13H2,1-2H3/t18?,19?,22-,23+,24-,25+. The third-order valence-electron chi connectivity index (χ3n) is 7.60. The van der Waals surface area contributed by atoms with Crippen LogP contribution in [0, 0.1) is 35.5 Å². The van der Waals surface area contributed by atoms with E-state index in [1.165, 1.54) is 0 Å². The van der Waals surface area contributed by atoms with Crippen LogP contribution in [-0.2, 0) is 38.2 Å². The van der Waals surface area contributed by atoms with Crippen LogP contribution < -0.4 is 0 Å². The summed E-state index contributed by atoms with van der Waals surface area (Å²) in [5, 5.41) is 0. The van der Waals surface area contributed by atoms with Gasteiger partial charge in [0, 0.05) is 34.8 Å². The molecule has 0 aromatic heterocycles. The zero-order valence-corrected chi connectivity index (χ0v) is 20.2. The second-order valence-electron chi connectivity index (χ2n) is 9.14. The van der Waals surface area contributed by atoms with E-state index in [2.05, 4.69) is 9.47 Å². The molecule has 2 aromatic carbocycles. The molecule has 37 heavy (non-hydrogen) atoms. The molecule has 188 valence electrons. The molecule has 0 spiro atoms. The quantitative estimate of drug-likeness (QED) is 0.308. The van der Waals surface area contributed by atoms with E-state index in [0.717, 1.165) is 14.2 Å². The van der Waals surface area contributed by atoms with Gasteiger partial charge in [0.1, 0.15) is 11.9 Å². The number of ketones is 2. The number of esters is 2. The molecule has 0 saturated heterocycles. The van der Waals surface area contributed by atoms with Gasteiger partial charge in [-0.05, 0) is 29.4 Å². The molecule has 0 N–H and O–H groups in total. The van der Waals surface area contributed by atoms with E-state index in [0.29, 0.717) is 11.1 Å². The van der Waals surface area contributed by atoms with Crippen molar-refractivity contribution in [3.05, 3.63) is 71.8 Å². The fraction of sp³-hybridized carbons (Fsp3) is 0.310. The summed E-state index contributed by atoms with van der Waals surface area (Å²) >= 11 is 0. The molecule has 2 bridgehead atoms. The summed E-state index contributed by atoms with van der Waals surface area (Å²) in [5.41, 5.74) is 1.32. The lowest BCUT2D eigenvalue weighted by Gasteiger charge is -2.39. The van der Waals surface area contributed by atoms with Crippen molar-refractivity contribution in [3.8, 4) is 0 Å². The number of hydrogen-bond acceptors (Lipinski definition) is 8. The predicted molar refractivity (Wildman–Crippen MR) is 131 cm³/mol. The molecule has 8 heteroatoms. The van der Waals surface area contributed by atoms with Crippen molar-refractivity contribution in [2.75, 3.05) is 14.2 Å². The Bertz CT molecular complexity index is 1230. The summed E-state index contributed by atoms with van der Waals surface area (Å²) in [6.07, 6.45) is 0.214. The first-order chi connectivity index (χ1) is 17.9. The minimum Gasteiger partial charge on any atom is -0.463 e. The molecule has 4 rings (SSSR count). The molecule has 0 heterocycles. The number of fused-ring (bicyclic) bond motifs is 2. The number of hydrogen-bond donors (Lipinski definition) is 0. The molecular formula is C29H24O8. The molecule has 0 aliphatic heterocycles. The van der Waals surface area contributed by atoms with Gasteiger partial charge in [-0.25, -0.2) is 19.2 Å². The van der Waals surface area contributed by atoms with Crippen LogP contribution >= 0.6 is 0 Å². The molecule has 2 aliphatic rings. The highest BCUT2D eigenvalue weighted by molar-refractivity contribution is 6.37. The number of methoxy groups -OCH3 is 2. The van der Waals surface area contributed by atoms with Crippen LogP contribution in [0.2, 0.25) is 0 Å². The Morgan fingerprint density at radius 1 is 0.622 bits per heavy atom. The van der Waals surface area contributed by atoms with Gasteiger partial charge < -0.3 is 9.47 Å². The molecule has 2 unspecified atom stereocenters. The SMILES string of the molecule is COC(=O)C(=O)[C@@H]1C2CC([C@@H](C(=C=O)c3ccccc3)[C@H]2C(=O)C(=O)OC)[C@@H]1C(=C=O)c1ccccc1. The van der Waals surface area contributed by atoms with Crippen molar-refractivity contribution in [1.29, 1.82) is 0 Å². The number of carbonyl (C=O) groups excluding carboxylic acids is 6. The molecule has 8 nitrogen and oxygen atoms in total. The summed E-state index contributed by atoms with van der Waals surface area (Å²) in [5.74, 6) is -5.52. The predicted octanol–water partition coefficient (Wildman–Crippen LogP) is 2.42. The topological polar surface area (TPSA) is 121 Å². The maximum atomic E-state index is 13.3. The van der Waals surface area contributed by atoms with Crippen LogP contribution in [0.15, 0.2) is 60.7 Å². The third-order valence-corrected chi connectivity index (χ3v) is 7.60. The Morgan fingerprint density at radius 3 is 1.30 bits per heavy atom. The Labute approximate surface area is 212 Å². The van der Waals surface area contributed by atoms with E-state index >= 15 is 0 Å². The number of allylic oxidation sites excluding steroid dienone is 2. The lowest BCUT2D eigenvalue weighted by Crippen LogP contribution is -2.46. The average molecular weight is 501 g/mol. The Morgan fingerprint density at radius 2 is 0.973 bits per heavy atom. The van der Waals surface area contributed by atoms with Crippen molar-refractivity contribution in [2.45, 2.75) is 6.42 Å². The van der Waals surface area contributed by atoms with Crippen LogP contribution in [0.25, 0.3) is 11.1 Å². The second kappa shape index (κ2) is 10.7. The van der Waals surface area contributed by atoms with Crippen LogP contribution in [0.4, 0.5) is 0 Å². The van der Waals surface area contributed by atoms with Crippen molar-refractivity contribution >= 4 is 46.5 Å². The first-order valence-corrected chi connectivity index (χ1v) is 11.7. The van der Waals surface area contributed by atoms with Gasteiger partial charge in [0.05, 0.1) is 14.2 Å². The number of carbonyl (C=O) groups is 4. The fourth-order valence-corrected chi connectivity index (χ4v) is 6.26. The summed E-state index contributed by atoms with van der Waals surface area (Å²) < 4.78 is 9.38. The van der Waals surface area contributed by atoms with E-state index in [1.807, 2.05) is 11.9 Å². The number of rotatable bonds is 8. The van der Waals surface area contributed by atoms with Crippen molar-refractivity contribution in [2.24, 2.45) is 35.5 Å². The van der Waals surface area contributed by atoms with Crippen molar-refractivity contribution in [1.82, 2.24) is 0 Å². The zero-order valence-electron chi connectivity index (χ0n) is 20.2. The molecule has 0 radical (unpaired) electrons. The fourth-order valence-electron chi connectivity index (χ4n) is 6.26. The van der Waals surface area contributed by atoms with Crippen molar-refractivity contribution in [3.63, 3.8) is 0 Å². The smallest absolute Gasteiger partial charge is 0.374 e. The summed E-state index contributed by atoms with van der Waals surface area (Å²) in [6.45, 7) is 0. The van der Waals surface area contributed by atoms with E-state index < -0.39 is 59.0 Å². The molecular weight excluding hydrogens is 476 g/mol. The number of Topliss-reactive ketones (excluding diaryl/α,β-unsaturated/α-hetero) is 2. The second-order valence-corrected chi connectivity index (χ2v) is 9.14. The van der Waals surface area contributed by atoms with Crippen LogP contribution in [-0.4, -0.2) is 49.6 Å². The highest BCUT2D eigenvalue weighted by atomic mass is 16.5. The van der Waals surface area contributed by atoms with Gasteiger partial charge in [0.15, 0.2) is 0 Å². The van der Waals surface area contributed by atoms with Gasteiger partial charge in [-0.2, -0.15) is 0 Å². The molecule has 2 aromatic rings. The minimum atomic E-state index is -1.13. The van der Waals surface area contributed by atoms with E-state index in [-0.39, 0.29) is 17.6 Å². The van der Waals surface area contributed by atoms with Crippen LogP contribution in [0.1, 0.15) is 17.5 Å². The normalized spacial score (nSPS) is 25.4. The van der Waals surface area contributed by atoms with Crippen molar-refractivity contribution < 1.29 is 38.2 Å². The van der Waals surface area contributed by atoms with E-state index in [1.54, 1.807) is 60.7 Å². The molecule has 0 amide bonds. The maximum Gasteiger partial charge on any atom is 0.374 e. The first kappa shape index (κ1) is 25.7. The highest BCUT2D eigenvalue weighted by Gasteiger charge is 2.65. The molecule has 2 aliphatic carbocycles. The summed E-state index contributed by atoms with van der Waals surface area (Å²) in [6, 6.07) is 17.2. The van der Waals surface area contributed by atoms with Gasteiger partial charge in [-0.1, -0.05) is 60.7 Å². The largest absolute Gasteiger partial charge is 0.463 e. The van der Waals surface area contributed by atoms with Gasteiger partial charge in [0.25, 0.3) is 0 Å². The minimum absolute atomic E-state index is 0.155. The van der Waals surface area contributed by atoms with Gasteiger partial charge in [-0.3, -0.25) is 9.59 Å². The number of ether oxygens (including phenoxy) is 2. The third kappa shape index (κ3) is 4.38. The van der Waals surface area contributed by atoms with E-state index in [9.17, 15) is 28.8 Å². The van der Waals surface area contributed by atoms with Gasteiger partial charge in [0.2, 0.25) is 11.6 Å². The van der Waals surface area contributed by atoms with Gasteiger partial charge in [-0.15, -0.1) is 0 Å². The highest BCUT2D eigenvalue weighted by Crippen LogP contribution is 2.64. The first-order valence-electron chi connectivity index (χ1n) is 11.7.